The van der Waals surface area contributed by atoms with Crippen LogP contribution in [-0.4, -0.2) is 56.0 Å². The van der Waals surface area contributed by atoms with Crippen LogP contribution in [0.15, 0.2) is 82.6 Å². The van der Waals surface area contributed by atoms with Crippen LogP contribution in [0.5, 0.6) is 11.5 Å². The summed E-state index contributed by atoms with van der Waals surface area (Å²) in [5.41, 5.74) is 0.741. The van der Waals surface area contributed by atoms with Crippen molar-refractivity contribution in [3.05, 3.63) is 78.4 Å². The molecule has 0 aromatic heterocycles. The number of nitrogens with one attached hydrogen (secondary N) is 2. The van der Waals surface area contributed by atoms with Gasteiger partial charge in [0.25, 0.3) is 5.91 Å². The van der Waals surface area contributed by atoms with Crippen molar-refractivity contribution >= 4 is 52.9 Å². The Morgan fingerprint density at radius 2 is 1.49 bits per heavy atom. The molecule has 0 fully saturated rings. The number of hydrogen-bond donors (Lipinski definition) is 2. The number of carbonyl (C=O) groups excluding carboxylic acids is 4. The second-order valence-electron chi connectivity index (χ2n) is 7.86. The van der Waals surface area contributed by atoms with Crippen molar-refractivity contribution in [2.45, 2.75) is 16.2 Å². The highest BCUT2D eigenvalue weighted by Crippen LogP contribution is 2.30. The van der Waals surface area contributed by atoms with Crippen molar-refractivity contribution in [1.29, 1.82) is 0 Å². The van der Waals surface area contributed by atoms with Crippen molar-refractivity contribution in [3.8, 4) is 11.5 Å². The summed E-state index contributed by atoms with van der Waals surface area (Å²) in [6, 6.07) is 21.2. The van der Waals surface area contributed by atoms with E-state index in [1.54, 1.807) is 42.5 Å². The standard InChI is InChI=1S/C28H28N2O7S2/c1-35-22-13-12-19(16-23(22)36-2)29-27(33)18-39-24-11-7-6-10-21(24)28(34)37-17-26(32)30-25(31)14-15-38-20-8-4-3-5-9-20/h3-13,16H,14-15,17-18H2,1-2H3,(H,29,33)(H,30,31,32). The number of esters is 1. The number of anilines is 1. The zero-order valence-corrected chi connectivity index (χ0v) is 23.1. The van der Waals surface area contributed by atoms with E-state index in [0.29, 0.717) is 27.8 Å². The first-order valence-electron chi connectivity index (χ1n) is 11.8. The fourth-order valence-electron chi connectivity index (χ4n) is 3.26. The topological polar surface area (TPSA) is 120 Å². The molecule has 204 valence electrons. The average Bonchev–Trinajstić information content (AvgIpc) is 2.95. The molecule has 0 aliphatic carbocycles. The molecular weight excluding hydrogens is 540 g/mol. The number of benzene rings is 3. The van der Waals surface area contributed by atoms with Crippen LogP contribution in [0.2, 0.25) is 0 Å². The van der Waals surface area contributed by atoms with Crippen LogP contribution >= 0.6 is 23.5 Å². The molecule has 0 spiro atoms. The van der Waals surface area contributed by atoms with Gasteiger partial charge in [0.1, 0.15) is 0 Å². The van der Waals surface area contributed by atoms with Gasteiger partial charge in [-0.2, -0.15) is 0 Å². The van der Waals surface area contributed by atoms with E-state index in [0.717, 1.165) is 16.7 Å². The molecule has 2 N–H and O–H groups in total. The molecule has 0 saturated carbocycles. The van der Waals surface area contributed by atoms with Gasteiger partial charge in [-0.3, -0.25) is 19.7 Å². The van der Waals surface area contributed by atoms with Crippen LogP contribution in [-0.2, 0) is 19.1 Å². The first-order valence-corrected chi connectivity index (χ1v) is 13.8. The lowest BCUT2D eigenvalue weighted by Gasteiger charge is -2.11. The predicted octanol–water partition coefficient (Wildman–Crippen LogP) is 4.42. The molecule has 39 heavy (non-hydrogen) atoms. The van der Waals surface area contributed by atoms with Crippen LogP contribution in [0, 0.1) is 0 Å². The summed E-state index contributed by atoms with van der Waals surface area (Å²) < 4.78 is 15.5. The summed E-state index contributed by atoms with van der Waals surface area (Å²) >= 11 is 2.65. The van der Waals surface area contributed by atoms with E-state index in [-0.39, 0.29) is 23.6 Å². The predicted molar refractivity (Wildman–Crippen MR) is 151 cm³/mol. The Bertz CT molecular complexity index is 1300. The average molecular weight is 569 g/mol. The minimum atomic E-state index is -0.736. The van der Waals surface area contributed by atoms with E-state index in [1.165, 1.54) is 26.0 Å². The maximum absolute atomic E-state index is 12.6. The van der Waals surface area contributed by atoms with E-state index in [4.69, 9.17) is 14.2 Å². The lowest BCUT2D eigenvalue weighted by Crippen LogP contribution is -2.34. The quantitative estimate of drug-likeness (QED) is 0.228. The van der Waals surface area contributed by atoms with Gasteiger partial charge in [0.2, 0.25) is 11.8 Å². The van der Waals surface area contributed by atoms with Crippen LogP contribution in [0.3, 0.4) is 0 Å². The number of rotatable bonds is 13. The number of amides is 3. The third kappa shape index (κ3) is 9.69. The summed E-state index contributed by atoms with van der Waals surface area (Å²) in [7, 11) is 3.03. The first kappa shape index (κ1) is 29.6. The number of ether oxygens (including phenoxy) is 3. The van der Waals surface area contributed by atoms with Gasteiger partial charge in [-0.15, -0.1) is 23.5 Å². The Kier molecular flexibility index (Phi) is 11.7. The summed E-state index contributed by atoms with van der Waals surface area (Å²) in [6.45, 7) is -0.602. The van der Waals surface area contributed by atoms with E-state index in [1.807, 2.05) is 30.3 Å². The molecule has 0 aliphatic rings. The Balaban J connectivity index is 1.44. The third-order valence-electron chi connectivity index (χ3n) is 5.09. The molecule has 3 aromatic rings. The number of thioether (sulfide) groups is 2. The number of carbonyl (C=O) groups is 4. The van der Waals surface area contributed by atoms with Crippen LogP contribution in [0.4, 0.5) is 5.69 Å². The fourth-order valence-corrected chi connectivity index (χ4v) is 4.97. The van der Waals surface area contributed by atoms with E-state index in [2.05, 4.69) is 10.6 Å². The molecule has 0 heterocycles. The zero-order chi connectivity index (χ0) is 28.0. The molecule has 0 radical (unpaired) electrons. The normalized spacial score (nSPS) is 10.3. The van der Waals surface area contributed by atoms with Gasteiger partial charge in [-0.25, -0.2) is 4.79 Å². The second kappa shape index (κ2) is 15.5. The maximum atomic E-state index is 12.6. The monoisotopic (exact) mass is 568 g/mol. The highest BCUT2D eigenvalue weighted by Gasteiger charge is 2.17. The van der Waals surface area contributed by atoms with Crippen molar-refractivity contribution in [2.24, 2.45) is 0 Å². The summed E-state index contributed by atoms with van der Waals surface area (Å²) in [5.74, 6) is -0.639. The lowest BCUT2D eigenvalue weighted by atomic mass is 10.2. The fraction of sp³-hybridized carbons (Fsp3) is 0.214. The number of methoxy groups -OCH3 is 2. The SMILES string of the molecule is COc1ccc(NC(=O)CSc2ccccc2C(=O)OCC(=O)NC(=O)CCSc2ccccc2)cc1OC. The molecule has 0 aliphatic heterocycles. The molecule has 9 nitrogen and oxygen atoms in total. The van der Waals surface area contributed by atoms with Crippen LogP contribution in [0.25, 0.3) is 0 Å². The molecule has 11 heteroatoms. The highest BCUT2D eigenvalue weighted by molar-refractivity contribution is 8.00. The van der Waals surface area contributed by atoms with Gasteiger partial charge in [-0.05, 0) is 36.4 Å². The minimum absolute atomic E-state index is 0.0224. The van der Waals surface area contributed by atoms with Crippen LogP contribution in [0.1, 0.15) is 16.8 Å². The Morgan fingerprint density at radius 1 is 0.769 bits per heavy atom. The largest absolute Gasteiger partial charge is 0.493 e. The Hall–Kier alpha value is -3.96. The van der Waals surface area contributed by atoms with Gasteiger partial charge in [0, 0.05) is 33.7 Å². The number of imide groups is 1. The van der Waals surface area contributed by atoms with Crippen molar-refractivity contribution in [1.82, 2.24) is 5.32 Å². The van der Waals surface area contributed by atoms with Crippen molar-refractivity contribution in [3.63, 3.8) is 0 Å². The molecular formula is C28H28N2O7S2. The second-order valence-corrected chi connectivity index (χ2v) is 10.0. The van der Waals surface area contributed by atoms with Crippen LogP contribution < -0.4 is 20.1 Å². The molecule has 0 atom stereocenters. The third-order valence-corrected chi connectivity index (χ3v) is 7.17. The van der Waals surface area contributed by atoms with Gasteiger partial charge >= 0.3 is 5.97 Å². The summed E-state index contributed by atoms with van der Waals surface area (Å²) in [4.78, 5) is 50.8. The van der Waals surface area contributed by atoms with E-state index in [9.17, 15) is 19.2 Å². The van der Waals surface area contributed by atoms with Gasteiger partial charge in [0.05, 0.1) is 25.5 Å². The summed E-state index contributed by atoms with van der Waals surface area (Å²) in [6.07, 6.45) is 0.143. The Labute approximate surface area is 235 Å². The van der Waals surface area contributed by atoms with Gasteiger partial charge < -0.3 is 19.5 Å². The van der Waals surface area contributed by atoms with E-state index < -0.39 is 24.4 Å². The van der Waals surface area contributed by atoms with E-state index >= 15 is 0 Å². The Morgan fingerprint density at radius 3 is 2.23 bits per heavy atom. The van der Waals surface area contributed by atoms with Crippen molar-refractivity contribution < 1.29 is 33.4 Å². The molecule has 0 bridgehead atoms. The maximum Gasteiger partial charge on any atom is 0.339 e. The lowest BCUT2D eigenvalue weighted by molar-refractivity contribution is -0.132. The zero-order valence-electron chi connectivity index (χ0n) is 21.4. The van der Waals surface area contributed by atoms with Gasteiger partial charge in [-0.1, -0.05) is 30.3 Å². The molecule has 3 aromatic carbocycles. The summed E-state index contributed by atoms with van der Waals surface area (Å²) in [5, 5.41) is 4.99. The van der Waals surface area contributed by atoms with Crippen molar-refractivity contribution in [2.75, 3.05) is 37.6 Å². The minimum Gasteiger partial charge on any atom is -0.493 e. The highest BCUT2D eigenvalue weighted by atomic mass is 32.2. The number of hydrogen-bond acceptors (Lipinski definition) is 9. The smallest absolute Gasteiger partial charge is 0.339 e. The molecule has 0 saturated heterocycles. The van der Waals surface area contributed by atoms with Gasteiger partial charge in [0.15, 0.2) is 18.1 Å². The molecule has 3 amide bonds. The molecule has 0 unspecified atom stereocenters. The first-order chi connectivity index (χ1) is 18.9. The molecule has 3 rings (SSSR count).